The largest absolute Gasteiger partial charge is 0.390 e. The van der Waals surface area contributed by atoms with E-state index in [0.717, 1.165) is 11.1 Å². The lowest BCUT2D eigenvalue weighted by Gasteiger charge is -2.22. The number of hydrogen-bond donors (Lipinski definition) is 1. The molecular formula is C16H16Cl2O2. The van der Waals surface area contributed by atoms with Crippen LogP contribution in [0, 0.1) is 0 Å². The standard InChI is InChI=1S/C16H16Cl2O2/c1-20-16(11-5-3-2-4-6-11)15(19)9-12-7-8-13(17)10-14(12)18/h2-8,10,15-16,19H,9H2,1H3. The first kappa shape index (κ1) is 15.3. The summed E-state index contributed by atoms with van der Waals surface area (Å²) in [7, 11) is 1.59. The van der Waals surface area contributed by atoms with Gasteiger partial charge in [-0.05, 0) is 23.3 Å². The molecule has 0 aliphatic heterocycles. The Kier molecular flexibility index (Phi) is 5.44. The summed E-state index contributed by atoms with van der Waals surface area (Å²) in [6.07, 6.45) is -0.660. The summed E-state index contributed by atoms with van der Waals surface area (Å²) >= 11 is 12.0. The van der Waals surface area contributed by atoms with Crippen molar-refractivity contribution in [3.63, 3.8) is 0 Å². The summed E-state index contributed by atoms with van der Waals surface area (Å²) in [5.74, 6) is 0. The van der Waals surface area contributed by atoms with Gasteiger partial charge < -0.3 is 9.84 Å². The highest BCUT2D eigenvalue weighted by Crippen LogP contribution is 2.27. The molecular weight excluding hydrogens is 295 g/mol. The first-order chi connectivity index (χ1) is 9.61. The SMILES string of the molecule is COC(c1ccccc1)C(O)Cc1ccc(Cl)cc1Cl. The van der Waals surface area contributed by atoms with Crippen molar-refractivity contribution in [2.24, 2.45) is 0 Å². The van der Waals surface area contributed by atoms with Crippen molar-refractivity contribution in [2.45, 2.75) is 18.6 Å². The summed E-state index contributed by atoms with van der Waals surface area (Å²) in [5.41, 5.74) is 1.79. The summed E-state index contributed by atoms with van der Waals surface area (Å²) in [5, 5.41) is 11.5. The number of rotatable bonds is 5. The molecule has 0 aliphatic carbocycles. The third kappa shape index (κ3) is 3.74. The molecule has 2 unspecified atom stereocenters. The maximum atomic E-state index is 10.4. The lowest BCUT2D eigenvalue weighted by molar-refractivity contribution is -0.0128. The zero-order valence-corrected chi connectivity index (χ0v) is 12.6. The molecule has 0 radical (unpaired) electrons. The molecule has 106 valence electrons. The number of aliphatic hydroxyl groups is 1. The average Bonchev–Trinajstić information content (AvgIpc) is 2.44. The van der Waals surface area contributed by atoms with Gasteiger partial charge >= 0.3 is 0 Å². The van der Waals surface area contributed by atoms with Gasteiger partial charge in [-0.1, -0.05) is 59.6 Å². The molecule has 2 rings (SSSR count). The van der Waals surface area contributed by atoms with Gasteiger partial charge in [-0.3, -0.25) is 0 Å². The zero-order chi connectivity index (χ0) is 14.5. The van der Waals surface area contributed by atoms with E-state index in [-0.39, 0.29) is 6.10 Å². The second kappa shape index (κ2) is 7.09. The van der Waals surface area contributed by atoms with Crippen molar-refractivity contribution in [1.29, 1.82) is 0 Å². The van der Waals surface area contributed by atoms with Gasteiger partial charge in [0.2, 0.25) is 0 Å². The molecule has 0 saturated heterocycles. The van der Waals surface area contributed by atoms with Crippen molar-refractivity contribution in [3.05, 3.63) is 69.7 Å². The van der Waals surface area contributed by atoms with Crippen molar-refractivity contribution in [2.75, 3.05) is 7.11 Å². The third-order valence-corrected chi connectivity index (χ3v) is 3.76. The fourth-order valence-electron chi connectivity index (χ4n) is 2.18. The Morgan fingerprint density at radius 3 is 2.40 bits per heavy atom. The summed E-state index contributed by atoms with van der Waals surface area (Å²) < 4.78 is 5.41. The van der Waals surface area contributed by atoms with Crippen LogP contribution in [0.1, 0.15) is 17.2 Å². The topological polar surface area (TPSA) is 29.5 Å². The van der Waals surface area contributed by atoms with Gasteiger partial charge in [0.05, 0.1) is 6.10 Å². The monoisotopic (exact) mass is 310 g/mol. The van der Waals surface area contributed by atoms with E-state index in [9.17, 15) is 5.11 Å². The quantitative estimate of drug-likeness (QED) is 0.893. The smallest absolute Gasteiger partial charge is 0.108 e. The minimum absolute atomic E-state index is 0.386. The molecule has 2 aromatic rings. The molecule has 0 heterocycles. The first-order valence-corrected chi connectivity index (χ1v) is 7.07. The van der Waals surface area contributed by atoms with Crippen LogP contribution in [0.15, 0.2) is 48.5 Å². The molecule has 20 heavy (non-hydrogen) atoms. The van der Waals surface area contributed by atoms with E-state index in [1.54, 1.807) is 19.2 Å². The summed E-state index contributed by atoms with van der Waals surface area (Å²) in [6, 6.07) is 14.9. The van der Waals surface area contributed by atoms with Crippen molar-refractivity contribution >= 4 is 23.2 Å². The Hall–Kier alpha value is -1.06. The number of methoxy groups -OCH3 is 1. The van der Waals surface area contributed by atoms with Gasteiger partial charge in [-0.15, -0.1) is 0 Å². The van der Waals surface area contributed by atoms with E-state index >= 15 is 0 Å². The fraction of sp³-hybridized carbons (Fsp3) is 0.250. The maximum absolute atomic E-state index is 10.4. The molecule has 2 atom stereocenters. The molecule has 0 spiro atoms. The van der Waals surface area contributed by atoms with Crippen LogP contribution in [0.2, 0.25) is 10.0 Å². The predicted octanol–water partition coefficient (Wildman–Crippen LogP) is 4.28. The zero-order valence-electron chi connectivity index (χ0n) is 11.1. The van der Waals surface area contributed by atoms with E-state index in [1.165, 1.54) is 0 Å². The van der Waals surface area contributed by atoms with Crippen LogP contribution in [-0.4, -0.2) is 18.3 Å². The highest BCUT2D eigenvalue weighted by Gasteiger charge is 2.21. The van der Waals surface area contributed by atoms with Crippen LogP contribution >= 0.6 is 23.2 Å². The van der Waals surface area contributed by atoms with Crippen LogP contribution in [0.4, 0.5) is 0 Å². The van der Waals surface area contributed by atoms with Gasteiger partial charge in [-0.25, -0.2) is 0 Å². The number of halogens is 2. The van der Waals surface area contributed by atoms with Gasteiger partial charge in [0, 0.05) is 23.6 Å². The van der Waals surface area contributed by atoms with E-state index in [4.69, 9.17) is 27.9 Å². The average molecular weight is 311 g/mol. The van der Waals surface area contributed by atoms with E-state index in [0.29, 0.717) is 16.5 Å². The number of aliphatic hydroxyl groups excluding tert-OH is 1. The lowest BCUT2D eigenvalue weighted by atomic mass is 9.98. The van der Waals surface area contributed by atoms with Gasteiger partial charge in [-0.2, -0.15) is 0 Å². The second-order valence-corrected chi connectivity index (χ2v) is 5.42. The molecule has 0 aliphatic rings. The fourth-order valence-corrected chi connectivity index (χ4v) is 2.66. The van der Waals surface area contributed by atoms with Gasteiger partial charge in [0.1, 0.15) is 6.10 Å². The number of ether oxygens (including phenoxy) is 1. The van der Waals surface area contributed by atoms with E-state index in [1.807, 2.05) is 36.4 Å². The number of benzene rings is 2. The molecule has 0 saturated carbocycles. The molecule has 2 nitrogen and oxygen atoms in total. The Balaban J connectivity index is 2.15. The minimum Gasteiger partial charge on any atom is -0.390 e. The second-order valence-electron chi connectivity index (χ2n) is 4.57. The van der Waals surface area contributed by atoms with E-state index < -0.39 is 6.10 Å². The Morgan fingerprint density at radius 2 is 1.80 bits per heavy atom. The number of hydrogen-bond acceptors (Lipinski definition) is 2. The van der Waals surface area contributed by atoms with Crippen LogP contribution in [0.3, 0.4) is 0 Å². The molecule has 0 aromatic heterocycles. The molecule has 0 bridgehead atoms. The Bertz CT molecular complexity index is 558. The van der Waals surface area contributed by atoms with Crippen molar-refractivity contribution < 1.29 is 9.84 Å². The van der Waals surface area contributed by atoms with Crippen molar-refractivity contribution in [1.82, 2.24) is 0 Å². The Morgan fingerprint density at radius 1 is 1.10 bits per heavy atom. The third-order valence-electron chi connectivity index (χ3n) is 3.18. The van der Waals surface area contributed by atoms with Crippen LogP contribution < -0.4 is 0 Å². The predicted molar refractivity (Wildman–Crippen MR) is 82.4 cm³/mol. The van der Waals surface area contributed by atoms with Crippen LogP contribution in [0.5, 0.6) is 0 Å². The normalized spacial score (nSPS) is 14.0. The maximum Gasteiger partial charge on any atom is 0.108 e. The summed E-state index contributed by atoms with van der Waals surface area (Å²) in [6.45, 7) is 0. The molecule has 2 aromatic carbocycles. The molecule has 0 amide bonds. The highest BCUT2D eigenvalue weighted by atomic mass is 35.5. The van der Waals surface area contributed by atoms with Crippen molar-refractivity contribution in [3.8, 4) is 0 Å². The van der Waals surface area contributed by atoms with E-state index in [2.05, 4.69) is 0 Å². The van der Waals surface area contributed by atoms with Crippen LogP contribution in [-0.2, 0) is 11.2 Å². The Labute approximate surface area is 128 Å². The van der Waals surface area contributed by atoms with Gasteiger partial charge in [0.15, 0.2) is 0 Å². The first-order valence-electron chi connectivity index (χ1n) is 6.31. The molecule has 1 N–H and O–H groups in total. The lowest BCUT2D eigenvalue weighted by Crippen LogP contribution is -2.22. The minimum atomic E-state index is -0.680. The van der Waals surface area contributed by atoms with Gasteiger partial charge in [0.25, 0.3) is 0 Å². The molecule has 0 fully saturated rings. The van der Waals surface area contributed by atoms with Crippen LogP contribution in [0.25, 0.3) is 0 Å². The highest BCUT2D eigenvalue weighted by molar-refractivity contribution is 6.35. The molecule has 4 heteroatoms. The summed E-state index contributed by atoms with van der Waals surface area (Å²) in [4.78, 5) is 0.